The minimum Gasteiger partial charge on any atom is -0.466 e. The predicted molar refractivity (Wildman–Crippen MR) is 111 cm³/mol. The number of aromatic nitrogens is 1. The summed E-state index contributed by atoms with van der Waals surface area (Å²) < 4.78 is 44.0. The Kier molecular flexibility index (Phi) is 6.83. The van der Waals surface area contributed by atoms with Crippen LogP contribution in [0, 0.1) is 0 Å². The van der Waals surface area contributed by atoms with E-state index in [0.29, 0.717) is 34.1 Å². The molecule has 2 aromatic carbocycles. The monoisotopic (exact) mass is 433 g/mol. The number of thiazole rings is 1. The summed E-state index contributed by atoms with van der Waals surface area (Å²) >= 11 is 1.28. The molecule has 0 aliphatic heterocycles. The average Bonchev–Trinajstić information content (AvgIpc) is 3.15. The van der Waals surface area contributed by atoms with Crippen LogP contribution in [0.25, 0.3) is 11.1 Å². The zero-order valence-electron chi connectivity index (χ0n) is 15.9. The maximum Gasteiger partial charge on any atom is 0.416 e. The molecule has 0 aliphatic rings. The van der Waals surface area contributed by atoms with Crippen molar-refractivity contribution in [2.24, 2.45) is 5.10 Å². The summed E-state index contributed by atoms with van der Waals surface area (Å²) in [4.78, 5) is 15.8. The van der Waals surface area contributed by atoms with Crippen molar-refractivity contribution in [1.29, 1.82) is 0 Å². The van der Waals surface area contributed by atoms with E-state index in [1.54, 1.807) is 42.6 Å². The second kappa shape index (κ2) is 9.53. The average molecular weight is 433 g/mol. The third kappa shape index (κ3) is 5.66. The van der Waals surface area contributed by atoms with Gasteiger partial charge in [0.25, 0.3) is 0 Å². The third-order valence-electron chi connectivity index (χ3n) is 4.01. The van der Waals surface area contributed by atoms with E-state index in [-0.39, 0.29) is 12.4 Å². The number of halogens is 3. The molecule has 0 unspecified atom stereocenters. The van der Waals surface area contributed by atoms with Crippen LogP contribution in [-0.4, -0.2) is 23.8 Å². The fourth-order valence-corrected chi connectivity index (χ4v) is 3.35. The Hall–Kier alpha value is -3.20. The van der Waals surface area contributed by atoms with Crippen LogP contribution < -0.4 is 5.43 Å². The molecule has 0 saturated heterocycles. The number of rotatable bonds is 7. The van der Waals surface area contributed by atoms with Crippen LogP contribution >= 0.6 is 11.3 Å². The Morgan fingerprint density at radius 3 is 2.80 bits per heavy atom. The number of hydrazone groups is 1. The molecule has 0 fully saturated rings. The molecule has 9 heteroatoms. The Morgan fingerprint density at radius 1 is 1.23 bits per heavy atom. The molecule has 156 valence electrons. The number of carbonyl (C=O) groups is 1. The van der Waals surface area contributed by atoms with Crippen molar-refractivity contribution in [2.75, 3.05) is 12.0 Å². The van der Waals surface area contributed by atoms with Gasteiger partial charge in [0.2, 0.25) is 5.13 Å². The number of esters is 1. The van der Waals surface area contributed by atoms with Crippen molar-refractivity contribution in [3.8, 4) is 11.1 Å². The first kappa shape index (κ1) is 21.5. The maximum atomic E-state index is 13.0. The minimum atomic E-state index is -4.41. The number of alkyl halides is 3. The van der Waals surface area contributed by atoms with Gasteiger partial charge in [0.15, 0.2) is 0 Å². The molecular formula is C21H18F3N3O2S. The van der Waals surface area contributed by atoms with Gasteiger partial charge in [0.1, 0.15) is 0 Å². The van der Waals surface area contributed by atoms with Crippen LogP contribution in [0.5, 0.6) is 0 Å². The van der Waals surface area contributed by atoms with E-state index in [4.69, 9.17) is 4.74 Å². The summed E-state index contributed by atoms with van der Waals surface area (Å²) in [6.45, 7) is 2.04. The van der Waals surface area contributed by atoms with E-state index < -0.39 is 11.7 Å². The largest absolute Gasteiger partial charge is 0.466 e. The zero-order chi connectivity index (χ0) is 21.6. The summed E-state index contributed by atoms with van der Waals surface area (Å²) in [5.41, 5.74) is 4.35. The molecule has 0 radical (unpaired) electrons. The number of nitrogens with one attached hydrogen (secondary N) is 1. The summed E-state index contributed by atoms with van der Waals surface area (Å²) in [7, 11) is 0. The number of nitrogens with zero attached hydrogens (tertiary/aromatic N) is 2. The second-order valence-corrected chi connectivity index (χ2v) is 7.02. The van der Waals surface area contributed by atoms with Gasteiger partial charge in [-0.05, 0) is 30.2 Å². The number of anilines is 1. The van der Waals surface area contributed by atoms with E-state index in [9.17, 15) is 18.0 Å². The summed E-state index contributed by atoms with van der Waals surface area (Å²) in [5.74, 6) is -0.354. The van der Waals surface area contributed by atoms with Crippen molar-refractivity contribution in [3.05, 3.63) is 70.7 Å². The molecular weight excluding hydrogens is 415 g/mol. The number of carbonyl (C=O) groups excluding carboxylic acids is 1. The highest BCUT2D eigenvalue weighted by molar-refractivity contribution is 7.13. The lowest BCUT2D eigenvalue weighted by Crippen LogP contribution is -2.07. The van der Waals surface area contributed by atoms with Crippen molar-refractivity contribution in [1.82, 2.24) is 4.98 Å². The smallest absolute Gasteiger partial charge is 0.416 e. The van der Waals surface area contributed by atoms with Gasteiger partial charge >= 0.3 is 12.1 Å². The van der Waals surface area contributed by atoms with Crippen LogP contribution in [0.15, 0.2) is 59.0 Å². The van der Waals surface area contributed by atoms with Gasteiger partial charge in [-0.15, -0.1) is 11.3 Å². The molecule has 3 aromatic rings. The molecule has 1 N–H and O–H groups in total. The van der Waals surface area contributed by atoms with Crippen molar-refractivity contribution < 1.29 is 22.7 Å². The van der Waals surface area contributed by atoms with Crippen LogP contribution in [-0.2, 0) is 22.1 Å². The van der Waals surface area contributed by atoms with E-state index in [1.165, 1.54) is 23.6 Å². The van der Waals surface area contributed by atoms with Gasteiger partial charge in [0.05, 0.1) is 30.5 Å². The Balaban J connectivity index is 1.74. The molecule has 3 rings (SSSR count). The number of benzene rings is 2. The van der Waals surface area contributed by atoms with Gasteiger partial charge in [-0.3, -0.25) is 10.2 Å². The summed E-state index contributed by atoms with van der Waals surface area (Å²) in [6.07, 6.45) is -2.82. The van der Waals surface area contributed by atoms with Crippen molar-refractivity contribution in [3.63, 3.8) is 0 Å². The highest BCUT2D eigenvalue weighted by Crippen LogP contribution is 2.32. The quantitative estimate of drug-likeness (QED) is 0.309. The summed E-state index contributed by atoms with van der Waals surface area (Å²) in [6, 6.07) is 12.2. The normalized spacial score (nSPS) is 11.6. The molecule has 0 aliphatic carbocycles. The van der Waals surface area contributed by atoms with Crippen LogP contribution in [0.3, 0.4) is 0 Å². The minimum absolute atomic E-state index is 0.0775. The van der Waals surface area contributed by atoms with Gasteiger partial charge < -0.3 is 4.74 Å². The predicted octanol–water partition coefficient (Wildman–Crippen LogP) is 5.38. The van der Waals surface area contributed by atoms with E-state index in [1.807, 2.05) is 0 Å². The molecule has 0 amide bonds. The topological polar surface area (TPSA) is 63.6 Å². The molecule has 1 aromatic heterocycles. The Morgan fingerprint density at radius 2 is 2.03 bits per heavy atom. The van der Waals surface area contributed by atoms with Gasteiger partial charge in [-0.1, -0.05) is 36.4 Å². The zero-order valence-corrected chi connectivity index (χ0v) is 16.8. The second-order valence-electron chi connectivity index (χ2n) is 6.16. The lowest BCUT2D eigenvalue weighted by Gasteiger charge is -2.10. The van der Waals surface area contributed by atoms with Crippen LogP contribution in [0.4, 0.5) is 18.3 Å². The molecule has 0 atom stereocenters. The standard InChI is InChI=1S/C21H18F3N3O2S/c1-2-29-19(28)11-17-13-30-20(26-17)27-25-12-15-6-3-4-9-18(15)14-7-5-8-16(10-14)21(22,23)24/h3-10,12-13H,2,11H2,1H3,(H,26,27). The number of hydrogen-bond acceptors (Lipinski definition) is 6. The fourth-order valence-electron chi connectivity index (χ4n) is 2.69. The highest BCUT2D eigenvalue weighted by atomic mass is 32.1. The maximum absolute atomic E-state index is 13.0. The van der Waals surface area contributed by atoms with Crippen molar-refractivity contribution >= 4 is 28.7 Å². The van der Waals surface area contributed by atoms with E-state index >= 15 is 0 Å². The lowest BCUT2D eigenvalue weighted by atomic mass is 9.98. The molecule has 1 heterocycles. The van der Waals surface area contributed by atoms with Crippen LogP contribution in [0.1, 0.15) is 23.7 Å². The summed E-state index contributed by atoms with van der Waals surface area (Å²) in [5, 5.41) is 6.35. The number of ether oxygens (including phenoxy) is 1. The molecule has 0 spiro atoms. The first-order valence-corrected chi connectivity index (χ1v) is 9.90. The number of hydrogen-bond donors (Lipinski definition) is 1. The van der Waals surface area contributed by atoms with Crippen LogP contribution in [0.2, 0.25) is 0 Å². The Bertz CT molecular complexity index is 1050. The Labute approximate surface area is 175 Å². The third-order valence-corrected chi connectivity index (χ3v) is 4.80. The fraction of sp³-hybridized carbons (Fsp3) is 0.190. The molecule has 30 heavy (non-hydrogen) atoms. The molecule has 0 saturated carbocycles. The van der Waals surface area contributed by atoms with E-state index in [2.05, 4.69) is 15.5 Å². The first-order chi connectivity index (χ1) is 14.4. The highest BCUT2D eigenvalue weighted by Gasteiger charge is 2.30. The van der Waals surface area contributed by atoms with E-state index in [0.717, 1.165) is 12.1 Å². The van der Waals surface area contributed by atoms with Gasteiger partial charge in [-0.2, -0.15) is 18.3 Å². The first-order valence-electron chi connectivity index (χ1n) is 9.02. The van der Waals surface area contributed by atoms with Crippen molar-refractivity contribution in [2.45, 2.75) is 19.5 Å². The van der Waals surface area contributed by atoms with Gasteiger partial charge in [0, 0.05) is 10.9 Å². The molecule has 0 bridgehead atoms. The molecule has 5 nitrogen and oxygen atoms in total. The lowest BCUT2D eigenvalue weighted by molar-refractivity contribution is -0.142. The SMILES string of the molecule is CCOC(=O)Cc1csc(NN=Cc2ccccc2-c2cccc(C(F)(F)F)c2)n1. The van der Waals surface area contributed by atoms with Gasteiger partial charge in [-0.25, -0.2) is 4.98 Å².